The molecule has 2 aromatic carbocycles. The molecule has 1 aliphatic carbocycles. The van der Waals surface area contributed by atoms with Crippen LogP contribution < -0.4 is 5.63 Å². The highest BCUT2D eigenvalue weighted by molar-refractivity contribution is 8.00. The molecule has 0 fully saturated rings. The molecule has 4 nitrogen and oxygen atoms in total. The Morgan fingerprint density at radius 1 is 1.07 bits per heavy atom. The van der Waals surface area contributed by atoms with Crippen molar-refractivity contribution < 1.29 is 13.9 Å². The van der Waals surface area contributed by atoms with Gasteiger partial charge in [-0.15, -0.1) is 11.8 Å². The van der Waals surface area contributed by atoms with Crippen LogP contribution in [-0.2, 0) is 29.0 Å². The first kappa shape index (κ1) is 18.8. The van der Waals surface area contributed by atoms with Crippen LogP contribution in [0.4, 0.5) is 0 Å². The first-order valence-corrected chi connectivity index (χ1v) is 10.4. The third-order valence-electron chi connectivity index (χ3n) is 5.26. The summed E-state index contributed by atoms with van der Waals surface area (Å²) in [6, 6.07) is 11.6. The summed E-state index contributed by atoms with van der Waals surface area (Å²) in [5, 5.41) is 0.807. The first-order chi connectivity index (χ1) is 13.5. The van der Waals surface area contributed by atoms with Gasteiger partial charge in [0.15, 0.2) is 0 Å². The van der Waals surface area contributed by atoms with Crippen molar-refractivity contribution >= 4 is 28.7 Å². The maximum Gasteiger partial charge on any atom is 0.336 e. The molecule has 144 valence electrons. The van der Waals surface area contributed by atoms with Crippen LogP contribution in [0, 0.1) is 13.8 Å². The Balaban J connectivity index is 1.42. The van der Waals surface area contributed by atoms with Gasteiger partial charge < -0.3 is 9.15 Å². The second kappa shape index (κ2) is 7.84. The zero-order valence-corrected chi connectivity index (χ0v) is 16.9. The molecule has 0 radical (unpaired) electrons. The minimum atomic E-state index is -0.436. The highest BCUT2D eigenvalue weighted by Crippen LogP contribution is 2.28. The predicted octanol–water partition coefficient (Wildman–Crippen LogP) is 4.73. The van der Waals surface area contributed by atoms with Crippen LogP contribution in [0.5, 0.6) is 0 Å². The van der Waals surface area contributed by atoms with E-state index in [9.17, 15) is 9.59 Å². The summed E-state index contributed by atoms with van der Waals surface area (Å²) in [5.41, 5.74) is 5.73. The van der Waals surface area contributed by atoms with Crippen molar-refractivity contribution in [3.8, 4) is 0 Å². The van der Waals surface area contributed by atoms with Crippen LogP contribution >= 0.6 is 11.8 Å². The van der Waals surface area contributed by atoms with Gasteiger partial charge in [0.2, 0.25) is 0 Å². The first-order valence-electron chi connectivity index (χ1n) is 9.44. The second-order valence-corrected chi connectivity index (χ2v) is 8.31. The second-order valence-electron chi connectivity index (χ2n) is 7.26. The number of ether oxygens (including phenoxy) is 1. The Morgan fingerprint density at radius 3 is 2.71 bits per heavy atom. The number of esters is 1. The minimum Gasteiger partial charge on any atom is -0.460 e. The van der Waals surface area contributed by atoms with Gasteiger partial charge in [-0.25, -0.2) is 4.79 Å². The van der Waals surface area contributed by atoms with Crippen molar-refractivity contribution in [1.29, 1.82) is 0 Å². The zero-order chi connectivity index (χ0) is 19.7. The standard InChI is InChI=1S/C23H22O4S/c1-14-8-20-18(11-22(24)27-21(20)9-15(14)2)12-26-23(25)13-28-19-7-6-16-4-3-5-17(16)10-19/h6-11H,3-5,12-13H2,1-2H3. The third kappa shape index (κ3) is 3.99. The molecule has 0 amide bonds. The van der Waals surface area contributed by atoms with E-state index in [4.69, 9.17) is 9.15 Å². The molecule has 0 atom stereocenters. The lowest BCUT2D eigenvalue weighted by molar-refractivity contribution is -0.141. The quantitative estimate of drug-likeness (QED) is 0.356. The molecule has 1 heterocycles. The van der Waals surface area contributed by atoms with E-state index < -0.39 is 5.63 Å². The monoisotopic (exact) mass is 394 g/mol. The van der Waals surface area contributed by atoms with Crippen LogP contribution in [0.1, 0.15) is 34.2 Å². The fourth-order valence-electron chi connectivity index (χ4n) is 3.58. The lowest BCUT2D eigenvalue weighted by atomic mass is 10.0. The van der Waals surface area contributed by atoms with Gasteiger partial charge in [-0.3, -0.25) is 4.79 Å². The molecule has 0 aliphatic heterocycles. The number of carbonyl (C=O) groups excluding carboxylic acids is 1. The van der Waals surface area contributed by atoms with Gasteiger partial charge in [-0.05, 0) is 79.6 Å². The molecule has 0 unspecified atom stereocenters. The summed E-state index contributed by atoms with van der Waals surface area (Å²) in [4.78, 5) is 25.2. The Labute approximate surface area is 167 Å². The molecule has 0 saturated heterocycles. The largest absolute Gasteiger partial charge is 0.460 e. The molecule has 28 heavy (non-hydrogen) atoms. The number of carbonyl (C=O) groups is 1. The fourth-order valence-corrected chi connectivity index (χ4v) is 4.34. The van der Waals surface area contributed by atoms with Crippen molar-refractivity contribution in [2.75, 3.05) is 5.75 Å². The van der Waals surface area contributed by atoms with Gasteiger partial charge >= 0.3 is 11.6 Å². The number of fused-ring (bicyclic) bond motifs is 2. The van der Waals surface area contributed by atoms with Gasteiger partial charge in [0.1, 0.15) is 12.2 Å². The van der Waals surface area contributed by atoms with Crippen LogP contribution in [0.2, 0.25) is 0 Å². The van der Waals surface area contributed by atoms with Gasteiger partial charge in [-0.1, -0.05) is 6.07 Å². The van der Waals surface area contributed by atoms with Crippen molar-refractivity contribution in [3.63, 3.8) is 0 Å². The minimum absolute atomic E-state index is 0.0637. The Kier molecular flexibility index (Phi) is 5.27. The highest BCUT2D eigenvalue weighted by atomic mass is 32.2. The Morgan fingerprint density at radius 2 is 1.86 bits per heavy atom. The van der Waals surface area contributed by atoms with E-state index in [0.717, 1.165) is 34.3 Å². The van der Waals surface area contributed by atoms with Crippen LogP contribution in [0.3, 0.4) is 0 Å². The molecule has 0 spiro atoms. The maximum absolute atomic E-state index is 12.2. The van der Waals surface area contributed by atoms with E-state index in [-0.39, 0.29) is 18.3 Å². The molecular weight excluding hydrogens is 372 g/mol. The molecule has 0 bridgehead atoms. The number of aryl methyl sites for hydroxylation is 4. The average Bonchev–Trinajstić information content (AvgIpc) is 3.13. The number of rotatable bonds is 5. The van der Waals surface area contributed by atoms with Crippen molar-refractivity contribution in [1.82, 2.24) is 0 Å². The number of benzene rings is 2. The topological polar surface area (TPSA) is 56.5 Å². The highest BCUT2D eigenvalue weighted by Gasteiger charge is 2.13. The summed E-state index contributed by atoms with van der Waals surface area (Å²) in [6.07, 6.45) is 3.49. The fraction of sp³-hybridized carbons (Fsp3) is 0.304. The smallest absolute Gasteiger partial charge is 0.336 e. The van der Waals surface area contributed by atoms with E-state index in [2.05, 4.69) is 18.2 Å². The summed E-state index contributed by atoms with van der Waals surface area (Å²) < 4.78 is 10.7. The van der Waals surface area contributed by atoms with Gasteiger partial charge in [0, 0.05) is 21.9 Å². The van der Waals surface area contributed by atoms with E-state index in [1.807, 2.05) is 26.0 Å². The maximum atomic E-state index is 12.2. The SMILES string of the molecule is Cc1cc2oc(=O)cc(COC(=O)CSc3ccc4c(c3)CCC4)c2cc1C. The van der Waals surface area contributed by atoms with E-state index >= 15 is 0 Å². The van der Waals surface area contributed by atoms with Gasteiger partial charge in [0.25, 0.3) is 0 Å². The summed E-state index contributed by atoms with van der Waals surface area (Å²) in [7, 11) is 0. The lowest BCUT2D eigenvalue weighted by Crippen LogP contribution is -2.09. The molecule has 1 aromatic heterocycles. The van der Waals surface area contributed by atoms with Crippen molar-refractivity contribution in [2.24, 2.45) is 0 Å². The average molecular weight is 394 g/mol. The Bertz CT molecular complexity index is 1110. The van der Waals surface area contributed by atoms with Crippen molar-refractivity contribution in [2.45, 2.75) is 44.6 Å². The third-order valence-corrected chi connectivity index (χ3v) is 6.23. The Hall–Kier alpha value is -2.53. The molecule has 4 rings (SSSR count). The molecule has 3 aromatic rings. The number of hydrogen-bond acceptors (Lipinski definition) is 5. The molecule has 1 aliphatic rings. The van der Waals surface area contributed by atoms with Crippen LogP contribution in [-0.4, -0.2) is 11.7 Å². The van der Waals surface area contributed by atoms with E-state index in [0.29, 0.717) is 11.1 Å². The van der Waals surface area contributed by atoms with Crippen LogP contribution in [0.15, 0.2) is 50.5 Å². The lowest BCUT2D eigenvalue weighted by Gasteiger charge is -2.09. The van der Waals surface area contributed by atoms with Crippen LogP contribution in [0.25, 0.3) is 11.0 Å². The molecule has 5 heteroatoms. The summed E-state index contributed by atoms with van der Waals surface area (Å²) in [6.45, 7) is 4.04. The van der Waals surface area contributed by atoms with Crippen molar-refractivity contribution in [3.05, 3.63) is 74.6 Å². The summed E-state index contributed by atoms with van der Waals surface area (Å²) in [5.74, 6) is -0.0493. The van der Waals surface area contributed by atoms with E-state index in [1.165, 1.54) is 35.4 Å². The van der Waals surface area contributed by atoms with E-state index in [1.54, 1.807) is 0 Å². The molecular formula is C23H22O4S. The molecule has 0 saturated carbocycles. The molecule has 0 N–H and O–H groups in total. The normalized spacial score (nSPS) is 12.9. The van der Waals surface area contributed by atoms with Gasteiger partial charge in [-0.2, -0.15) is 0 Å². The van der Waals surface area contributed by atoms with Gasteiger partial charge in [0.05, 0.1) is 5.75 Å². The number of thioether (sulfide) groups is 1. The predicted molar refractivity (Wildman–Crippen MR) is 111 cm³/mol. The zero-order valence-electron chi connectivity index (χ0n) is 16.0. The number of hydrogen-bond donors (Lipinski definition) is 0. The summed E-state index contributed by atoms with van der Waals surface area (Å²) >= 11 is 1.49.